The van der Waals surface area contributed by atoms with Crippen LogP contribution in [0.15, 0.2) is 18.3 Å². The maximum absolute atomic E-state index is 12.8. The first kappa shape index (κ1) is 15.0. The maximum Gasteiger partial charge on any atom is 0.141 e. The van der Waals surface area contributed by atoms with Gasteiger partial charge in [0, 0.05) is 12.6 Å². The van der Waals surface area contributed by atoms with Crippen LogP contribution in [0.3, 0.4) is 0 Å². The third-order valence-electron chi connectivity index (χ3n) is 3.24. The van der Waals surface area contributed by atoms with Gasteiger partial charge in [0.25, 0.3) is 0 Å². The van der Waals surface area contributed by atoms with Crippen LogP contribution >= 0.6 is 0 Å². The zero-order chi connectivity index (χ0) is 13.5. The Morgan fingerprint density at radius 3 is 2.72 bits per heavy atom. The van der Waals surface area contributed by atoms with E-state index in [0.29, 0.717) is 0 Å². The van der Waals surface area contributed by atoms with E-state index in [1.54, 1.807) is 6.07 Å². The predicted molar refractivity (Wildman–Crippen MR) is 69.8 cm³/mol. The van der Waals surface area contributed by atoms with E-state index in [1.807, 2.05) is 21.0 Å². The second kappa shape index (κ2) is 7.41. The molecule has 0 spiro atoms. The van der Waals surface area contributed by atoms with E-state index in [0.717, 1.165) is 18.7 Å². The van der Waals surface area contributed by atoms with Crippen molar-refractivity contribution in [1.29, 1.82) is 0 Å². The fourth-order valence-corrected chi connectivity index (χ4v) is 1.73. The number of aliphatic hydroxyl groups excluding tert-OH is 1. The molecule has 1 aromatic rings. The van der Waals surface area contributed by atoms with Crippen molar-refractivity contribution < 1.29 is 9.50 Å². The largest absolute Gasteiger partial charge is 0.395 e. The van der Waals surface area contributed by atoms with Gasteiger partial charge < -0.3 is 15.3 Å². The van der Waals surface area contributed by atoms with Crippen molar-refractivity contribution in [2.75, 3.05) is 27.2 Å². The standard InChI is InChI=1S/C13H22FN3O/c1-10(9-18)17(3)7-6-12(15-2)13-5-4-11(14)8-16-13/h4-5,8,10,12,15,18H,6-7,9H2,1-3H3. The van der Waals surface area contributed by atoms with Gasteiger partial charge in [0.2, 0.25) is 0 Å². The molecule has 0 radical (unpaired) electrons. The molecule has 0 aromatic carbocycles. The monoisotopic (exact) mass is 255 g/mol. The summed E-state index contributed by atoms with van der Waals surface area (Å²) in [5.41, 5.74) is 0.837. The number of aliphatic hydroxyl groups is 1. The Hall–Kier alpha value is -1.04. The molecule has 1 heterocycles. The summed E-state index contributed by atoms with van der Waals surface area (Å²) < 4.78 is 12.8. The van der Waals surface area contributed by atoms with Gasteiger partial charge in [0.1, 0.15) is 5.82 Å². The number of nitrogens with zero attached hydrogens (tertiary/aromatic N) is 2. The smallest absolute Gasteiger partial charge is 0.141 e. The number of pyridine rings is 1. The number of rotatable bonds is 7. The van der Waals surface area contributed by atoms with E-state index in [1.165, 1.54) is 12.3 Å². The van der Waals surface area contributed by atoms with Gasteiger partial charge in [-0.25, -0.2) is 4.39 Å². The molecule has 0 bridgehead atoms. The van der Waals surface area contributed by atoms with Crippen LogP contribution < -0.4 is 5.32 Å². The van der Waals surface area contributed by atoms with Gasteiger partial charge in [0.15, 0.2) is 0 Å². The molecule has 0 saturated heterocycles. The lowest BCUT2D eigenvalue weighted by Crippen LogP contribution is -2.34. The fourth-order valence-electron chi connectivity index (χ4n) is 1.73. The van der Waals surface area contributed by atoms with Gasteiger partial charge in [-0.05, 0) is 39.6 Å². The lowest BCUT2D eigenvalue weighted by atomic mass is 10.1. The van der Waals surface area contributed by atoms with Crippen LogP contribution in [0.1, 0.15) is 25.1 Å². The van der Waals surface area contributed by atoms with Crippen LogP contribution in [0.4, 0.5) is 4.39 Å². The maximum atomic E-state index is 12.8. The van der Waals surface area contributed by atoms with Crippen molar-refractivity contribution in [3.63, 3.8) is 0 Å². The Balaban J connectivity index is 2.54. The van der Waals surface area contributed by atoms with E-state index in [2.05, 4.69) is 15.2 Å². The molecule has 5 heteroatoms. The van der Waals surface area contributed by atoms with Crippen molar-refractivity contribution in [1.82, 2.24) is 15.2 Å². The molecule has 0 saturated carbocycles. The molecule has 1 rings (SSSR count). The minimum Gasteiger partial charge on any atom is -0.395 e. The molecule has 0 aliphatic rings. The highest BCUT2D eigenvalue weighted by molar-refractivity contribution is 5.09. The second-order valence-electron chi connectivity index (χ2n) is 4.54. The number of hydrogen-bond acceptors (Lipinski definition) is 4. The van der Waals surface area contributed by atoms with Crippen molar-refractivity contribution in [3.8, 4) is 0 Å². The molecule has 2 N–H and O–H groups in total. The van der Waals surface area contributed by atoms with Gasteiger partial charge in [0.05, 0.1) is 24.5 Å². The average molecular weight is 255 g/mol. The number of likely N-dealkylation sites (N-methyl/N-ethyl adjacent to an activating group) is 1. The summed E-state index contributed by atoms with van der Waals surface area (Å²) in [6, 6.07) is 3.36. The molecular weight excluding hydrogens is 233 g/mol. The first-order valence-corrected chi connectivity index (χ1v) is 6.18. The van der Waals surface area contributed by atoms with Crippen LogP contribution in [0, 0.1) is 5.82 Å². The summed E-state index contributed by atoms with van der Waals surface area (Å²) in [6.45, 7) is 2.96. The lowest BCUT2D eigenvalue weighted by molar-refractivity contribution is 0.154. The number of hydrogen-bond donors (Lipinski definition) is 2. The first-order chi connectivity index (χ1) is 8.58. The van der Waals surface area contributed by atoms with Gasteiger partial charge in [-0.1, -0.05) is 0 Å². The third-order valence-corrected chi connectivity index (χ3v) is 3.24. The summed E-state index contributed by atoms with van der Waals surface area (Å²) in [7, 11) is 3.84. The van der Waals surface area contributed by atoms with E-state index in [4.69, 9.17) is 5.11 Å². The molecular formula is C13H22FN3O. The molecule has 0 aliphatic carbocycles. The first-order valence-electron chi connectivity index (χ1n) is 6.18. The summed E-state index contributed by atoms with van der Waals surface area (Å²) in [5, 5.41) is 12.2. The zero-order valence-electron chi connectivity index (χ0n) is 11.2. The van der Waals surface area contributed by atoms with Crippen LogP contribution in [0.5, 0.6) is 0 Å². The zero-order valence-corrected chi connectivity index (χ0v) is 11.2. The number of nitrogens with one attached hydrogen (secondary N) is 1. The van der Waals surface area contributed by atoms with Crippen molar-refractivity contribution in [2.45, 2.75) is 25.4 Å². The molecule has 0 aliphatic heterocycles. The lowest BCUT2D eigenvalue weighted by Gasteiger charge is -2.25. The van der Waals surface area contributed by atoms with Gasteiger partial charge in [-0.15, -0.1) is 0 Å². The molecule has 0 amide bonds. The molecule has 18 heavy (non-hydrogen) atoms. The van der Waals surface area contributed by atoms with E-state index < -0.39 is 0 Å². The normalized spacial score (nSPS) is 14.8. The summed E-state index contributed by atoms with van der Waals surface area (Å²) in [6.07, 6.45) is 2.09. The molecule has 2 atom stereocenters. The van der Waals surface area contributed by atoms with Gasteiger partial charge in [-0.2, -0.15) is 0 Å². The highest BCUT2D eigenvalue weighted by Gasteiger charge is 2.14. The average Bonchev–Trinajstić information content (AvgIpc) is 2.40. The topological polar surface area (TPSA) is 48.4 Å². The predicted octanol–water partition coefficient (Wildman–Crippen LogP) is 1.18. The van der Waals surface area contributed by atoms with Crippen molar-refractivity contribution >= 4 is 0 Å². The highest BCUT2D eigenvalue weighted by atomic mass is 19.1. The van der Waals surface area contributed by atoms with Crippen molar-refractivity contribution in [3.05, 3.63) is 29.8 Å². The minimum atomic E-state index is -0.320. The molecule has 102 valence electrons. The Bertz CT molecular complexity index is 345. The summed E-state index contributed by atoms with van der Waals surface area (Å²) >= 11 is 0. The SMILES string of the molecule is CNC(CCN(C)C(C)CO)c1ccc(F)cn1. The molecule has 1 aromatic heterocycles. The Morgan fingerprint density at radius 2 is 2.22 bits per heavy atom. The summed E-state index contributed by atoms with van der Waals surface area (Å²) in [4.78, 5) is 6.18. The van der Waals surface area contributed by atoms with Crippen molar-refractivity contribution in [2.24, 2.45) is 0 Å². The number of halogens is 1. The Kier molecular flexibility index (Phi) is 6.18. The second-order valence-corrected chi connectivity index (χ2v) is 4.54. The Labute approximate surface area is 108 Å². The molecule has 0 fully saturated rings. The fraction of sp³-hybridized carbons (Fsp3) is 0.615. The third kappa shape index (κ3) is 4.33. The van der Waals surface area contributed by atoms with Crippen LogP contribution in [-0.2, 0) is 0 Å². The molecule has 2 unspecified atom stereocenters. The van der Waals surface area contributed by atoms with E-state index >= 15 is 0 Å². The van der Waals surface area contributed by atoms with Gasteiger partial charge in [-0.3, -0.25) is 4.98 Å². The van der Waals surface area contributed by atoms with Gasteiger partial charge >= 0.3 is 0 Å². The number of aromatic nitrogens is 1. The van der Waals surface area contributed by atoms with Crippen LogP contribution in [0.25, 0.3) is 0 Å². The quantitative estimate of drug-likeness (QED) is 0.768. The minimum absolute atomic E-state index is 0.0962. The van der Waals surface area contributed by atoms with E-state index in [-0.39, 0.29) is 24.5 Å². The van der Waals surface area contributed by atoms with Crippen LogP contribution in [-0.4, -0.2) is 48.3 Å². The van der Waals surface area contributed by atoms with E-state index in [9.17, 15) is 4.39 Å². The highest BCUT2D eigenvalue weighted by Crippen LogP contribution is 2.15. The Morgan fingerprint density at radius 1 is 1.50 bits per heavy atom. The molecule has 4 nitrogen and oxygen atoms in total. The summed E-state index contributed by atoms with van der Waals surface area (Å²) in [5.74, 6) is -0.320. The van der Waals surface area contributed by atoms with Crippen LogP contribution in [0.2, 0.25) is 0 Å².